The number of aryl methyl sites for hydroxylation is 1. The summed E-state index contributed by atoms with van der Waals surface area (Å²) < 4.78 is 0. The van der Waals surface area contributed by atoms with E-state index in [1.54, 1.807) is 0 Å². The monoisotopic (exact) mass is 258 g/mol. The average Bonchev–Trinajstić information content (AvgIpc) is 2.43. The van der Waals surface area contributed by atoms with Gasteiger partial charge in [-0.1, -0.05) is 19.1 Å². The highest BCUT2D eigenvalue weighted by Gasteiger charge is 2.12. The molecule has 4 heteroatoms. The van der Waals surface area contributed by atoms with Crippen molar-refractivity contribution in [1.29, 1.82) is 0 Å². The van der Waals surface area contributed by atoms with E-state index >= 15 is 0 Å². The molecule has 0 atom stereocenters. The van der Waals surface area contributed by atoms with Crippen LogP contribution in [0.1, 0.15) is 25.5 Å². The van der Waals surface area contributed by atoms with Crippen LogP contribution in [0.3, 0.4) is 0 Å². The summed E-state index contributed by atoms with van der Waals surface area (Å²) in [5.41, 5.74) is 8.52. The standard InChI is InChI=1S/C15H22N4/c1-3-10-19(11-6-9-16)15-12(2)17-13-7-4-5-8-14(13)18-15/h4-5,7-8H,3,6,9-11,16H2,1-2H3. The average molecular weight is 258 g/mol. The number of hydrogen-bond donors (Lipinski definition) is 1. The maximum Gasteiger partial charge on any atom is 0.150 e. The zero-order valence-corrected chi connectivity index (χ0v) is 11.8. The minimum absolute atomic E-state index is 0.709. The molecule has 0 fully saturated rings. The Kier molecular flexibility index (Phi) is 4.68. The van der Waals surface area contributed by atoms with E-state index in [-0.39, 0.29) is 0 Å². The molecule has 2 aromatic rings. The van der Waals surface area contributed by atoms with Crippen molar-refractivity contribution >= 4 is 16.9 Å². The van der Waals surface area contributed by atoms with Crippen molar-refractivity contribution in [2.24, 2.45) is 5.73 Å². The second kappa shape index (κ2) is 6.48. The lowest BCUT2D eigenvalue weighted by Crippen LogP contribution is -2.28. The van der Waals surface area contributed by atoms with Gasteiger partial charge < -0.3 is 10.6 Å². The Morgan fingerprint density at radius 1 is 1.11 bits per heavy atom. The fourth-order valence-corrected chi connectivity index (χ4v) is 2.25. The Hall–Kier alpha value is -1.68. The predicted molar refractivity (Wildman–Crippen MR) is 80.5 cm³/mol. The van der Waals surface area contributed by atoms with E-state index in [9.17, 15) is 0 Å². The van der Waals surface area contributed by atoms with Crippen LogP contribution >= 0.6 is 0 Å². The van der Waals surface area contributed by atoms with E-state index in [0.717, 1.165) is 48.5 Å². The van der Waals surface area contributed by atoms with E-state index in [1.165, 1.54) is 0 Å². The van der Waals surface area contributed by atoms with Gasteiger partial charge in [0.05, 0.1) is 16.7 Å². The number of fused-ring (bicyclic) bond motifs is 1. The molecule has 19 heavy (non-hydrogen) atoms. The van der Waals surface area contributed by atoms with Crippen LogP contribution in [0.5, 0.6) is 0 Å². The minimum Gasteiger partial charge on any atom is -0.355 e. The quantitative estimate of drug-likeness (QED) is 0.865. The zero-order chi connectivity index (χ0) is 13.7. The molecular formula is C15H22N4. The van der Waals surface area contributed by atoms with E-state index < -0.39 is 0 Å². The Morgan fingerprint density at radius 3 is 2.42 bits per heavy atom. The van der Waals surface area contributed by atoms with Crippen molar-refractivity contribution in [3.05, 3.63) is 30.0 Å². The first-order valence-corrected chi connectivity index (χ1v) is 6.94. The second-order valence-corrected chi connectivity index (χ2v) is 4.75. The van der Waals surface area contributed by atoms with Gasteiger partial charge in [-0.25, -0.2) is 9.97 Å². The molecule has 0 bridgehead atoms. The first-order valence-electron chi connectivity index (χ1n) is 6.94. The van der Waals surface area contributed by atoms with Gasteiger partial charge in [-0.15, -0.1) is 0 Å². The minimum atomic E-state index is 0.709. The highest BCUT2D eigenvalue weighted by molar-refractivity contribution is 5.76. The molecule has 0 aliphatic heterocycles. The van der Waals surface area contributed by atoms with Gasteiger partial charge >= 0.3 is 0 Å². The lowest BCUT2D eigenvalue weighted by atomic mass is 10.2. The van der Waals surface area contributed by atoms with Crippen molar-refractivity contribution in [3.63, 3.8) is 0 Å². The predicted octanol–water partition coefficient (Wildman–Crippen LogP) is 2.50. The molecule has 102 valence electrons. The van der Waals surface area contributed by atoms with Crippen LogP contribution in [-0.2, 0) is 0 Å². The van der Waals surface area contributed by atoms with Gasteiger partial charge in [0, 0.05) is 13.1 Å². The maximum absolute atomic E-state index is 5.62. The van der Waals surface area contributed by atoms with E-state index in [2.05, 4.69) is 16.8 Å². The topological polar surface area (TPSA) is 55.0 Å². The fourth-order valence-electron chi connectivity index (χ4n) is 2.25. The summed E-state index contributed by atoms with van der Waals surface area (Å²) >= 11 is 0. The van der Waals surface area contributed by atoms with Gasteiger partial charge in [-0.2, -0.15) is 0 Å². The molecule has 0 amide bonds. The Bertz CT molecular complexity index is 539. The molecule has 2 rings (SSSR count). The molecule has 0 aliphatic carbocycles. The first-order chi connectivity index (χ1) is 9.26. The molecule has 0 radical (unpaired) electrons. The van der Waals surface area contributed by atoms with E-state index in [4.69, 9.17) is 10.7 Å². The molecule has 0 spiro atoms. The van der Waals surface area contributed by atoms with Crippen LogP contribution < -0.4 is 10.6 Å². The summed E-state index contributed by atoms with van der Waals surface area (Å²) in [4.78, 5) is 11.7. The van der Waals surface area contributed by atoms with Crippen molar-refractivity contribution < 1.29 is 0 Å². The number of rotatable bonds is 6. The molecular weight excluding hydrogens is 236 g/mol. The summed E-state index contributed by atoms with van der Waals surface area (Å²) in [5, 5.41) is 0. The highest BCUT2D eigenvalue weighted by atomic mass is 15.2. The maximum atomic E-state index is 5.62. The van der Waals surface area contributed by atoms with Crippen molar-refractivity contribution in [1.82, 2.24) is 9.97 Å². The highest BCUT2D eigenvalue weighted by Crippen LogP contribution is 2.20. The number of benzene rings is 1. The third-order valence-electron chi connectivity index (χ3n) is 3.15. The number of nitrogens with two attached hydrogens (primary N) is 1. The van der Waals surface area contributed by atoms with E-state index in [0.29, 0.717) is 6.54 Å². The number of aromatic nitrogens is 2. The van der Waals surface area contributed by atoms with E-state index in [1.807, 2.05) is 31.2 Å². The molecule has 1 aromatic heterocycles. The smallest absolute Gasteiger partial charge is 0.150 e. The Morgan fingerprint density at radius 2 is 1.79 bits per heavy atom. The molecule has 4 nitrogen and oxygen atoms in total. The number of anilines is 1. The first kappa shape index (κ1) is 13.7. The third kappa shape index (κ3) is 3.20. The summed E-state index contributed by atoms with van der Waals surface area (Å²) in [7, 11) is 0. The van der Waals surface area contributed by atoms with Crippen LogP contribution in [-0.4, -0.2) is 29.6 Å². The van der Waals surface area contributed by atoms with Gasteiger partial charge in [-0.05, 0) is 38.4 Å². The Balaban J connectivity index is 2.37. The molecule has 2 N–H and O–H groups in total. The van der Waals surface area contributed by atoms with Crippen LogP contribution in [0.15, 0.2) is 24.3 Å². The fraction of sp³-hybridized carbons (Fsp3) is 0.467. The molecule has 1 aromatic carbocycles. The van der Waals surface area contributed by atoms with Crippen molar-refractivity contribution in [2.75, 3.05) is 24.5 Å². The van der Waals surface area contributed by atoms with Crippen LogP contribution in [0.4, 0.5) is 5.82 Å². The lowest BCUT2D eigenvalue weighted by Gasteiger charge is -2.24. The van der Waals surface area contributed by atoms with Gasteiger partial charge in [-0.3, -0.25) is 0 Å². The molecule has 0 unspecified atom stereocenters. The summed E-state index contributed by atoms with van der Waals surface area (Å²) in [6.07, 6.45) is 2.08. The van der Waals surface area contributed by atoms with Gasteiger partial charge in [0.2, 0.25) is 0 Å². The van der Waals surface area contributed by atoms with Gasteiger partial charge in [0.1, 0.15) is 0 Å². The largest absolute Gasteiger partial charge is 0.355 e. The van der Waals surface area contributed by atoms with Crippen molar-refractivity contribution in [3.8, 4) is 0 Å². The van der Waals surface area contributed by atoms with Crippen LogP contribution in [0.2, 0.25) is 0 Å². The van der Waals surface area contributed by atoms with Crippen LogP contribution in [0.25, 0.3) is 11.0 Å². The number of nitrogens with zero attached hydrogens (tertiary/aromatic N) is 3. The SMILES string of the molecule is CCCN(CCCN)c1nc2ccccc2nc1C. The molecule has 0 saturated heterocycles. The number of hydrogen-bond acceptors (Lipinski definition) is 4. The van der Waals surface area contributed by atoms with Gasteiger partial charge in [0.25, 0.3) is 0 Å². The summed E-state index contributed by atoms with van der Waals surface area (Å²) in [6, 6.07) is 8.01. The zero-order valence-electron chi connectivity index (χ0n) is 11.8. The third-order valence-corrected chi connectivity index (χ3v) is 3.15. The number of para-hydroxylation sites is 2. The normalized spacial score (nSPS) is 10.9. The van der Waals surface area contributed by atoms with Crippen LogP contribution in [0, 0.1) is 6.92 Å². The molecule has 1 heterocycles. The summed E-state index contributed by atoms with van der Waals surface area (Å²) in [5.74, 6) is 0.994. The van der Waals surface area contributed by atoms with Gasteiger partial charge in [0.15, 0.2) is 5.82 Å². The van der Waals surface area contributed by atoms with Crippen molar-refractivity contribution in [2.45, 2.75) is 26.7 Å². The summed E-state index contributed by atoms with van der Waals surface area (Å²) in [6.45, 7) is 6.85. The lowest BCUT2D eigenvalue weighted by molar-refractivity contribution is 0.709. The Labute approximate surface area is 114 Å². The molecule has 0 aliphatic rings. The molecule has 0 saturated carbocycles. The second-order valence-electron chi connectivity index (χ2n) is 4.75.